The average molecular weight is 332 g/mol. The molecule has 6 heteroatoms. The molecule has 0 unspecified atom stereocenters. The highest BCUT2D eigenvalue weighted by Crippen LogP contribution is 2.21. The summed E-state index contributed by atoms with van der Waals surface area (Å²) in [6.45, 7) is 3.91. The lowest BCUT2D eigenvalue weighted by atomic mass is 10.1. The zero-order valence-electron chi connectivity index (χ0n) is 13.9. The number of amides is 1. The molecule has 124 valence electrons. The molecule has 0 bridgehead atoms. The number of hydrogen-bond acceptors (Lipinski definition) is 4. The van der Waals surface area contributed by atoms with Crippen LogP contribution in [0.15, 0.2) is 59.7 Å². The Morgan fingerprint density at radius 2 is 1.96 bits per heavy atom. The van der Waals surface area contributed by atoms with Crippen molar-refractivity contribution in [2.45, 2.75) is 13.8 Å². The van der Waals surface area contributed by atoms with Gasteiger partial charge in [-0.25, -0.2) is 9.97 Å². The van der Waals surface area contributed by atoms with Crippen LogP contribution in [0.5, 0.6) is 0 Å². The summed E-state index contributed by atoms with van der Waals surface area (Å²) in [5.74, 6) is -0.186. The van der Waals surface area contributed by atoms with Crippen LogP contribution in [0.25, 0.3) is 16.9 Å². The maximum absolute atomic E-state index is 12.6. The predicted octanol–water partition coefficient (Wildman–Crippen LogP) is 3.86. The summed E-state index contributed by atoms with van der Waals surface area (Å²) in [6, 6.07) is 11.2. The van der Waals surface area contributed by atoms with Crippen LogP contribution >= 0.6 is 0 Å². The van der Waals surface area contributed by atoms with Gasteiger partial charge in [-0.2, -0.15) is 0 Å². The SMILES string of the molecule is Cc1cc(C)n2ccc(C(=O)Nc3ccc(-c4cocn4)cc3)c2n1. The Bertz CT molecular complexity index is 1050. The number of benzene rings is 1. The smallest absolute Gasteiger partial charge is 0.259 e. The summed E-state index contributed by atoms with van der Waals surface area (Å²) in [5, 5.41) is 2.91. The van der Waals surface area contributed by atoms with Gasteiger partial charge in [-0.15, -0.1) is 0 Å². The Morgan fingerprint density at radius 3 is 2.68 bits per heavy atom. The summed E-state index contributed by atoms with van der Waals surface area (Å²) < 4.78 is 6.89. The lowest BCUT2D eigenvalue weighted by Gasteiger charge is -2.06. The van der Waals surface area contributed by atoms with Crippen molar-refractivity contribution in [2.24, 2.45) is 0 Å². The molecule has 0 aliphatic rings. The van der Waals surface area contributed by atoms with Crippen molar-refractivity contribution >= 4 is 17.2 Å². The first-order valence-electron chi connectivity index (χ1n) is 7.87. The number of anilines is 1. The molecule has 1 amide bonds. The number of nitrogens with zero attached hydrogens (tertiary/aromatic N) is 3. The van der Waals surface area contributed by atoms with Gasteiger partial charge in [-0.3, -0.25) is 4.79 Å². The van der Waals surface area contributed by atoms with Gasteiger partial charge in [0.2, 0.25) is 0 Å². The van der Waals surface area contributed by atoms with E-state index in [9.17, 15) is 4.79 Å². The Balaban J connectivity index is 1.60. The van der Waals surface area contributed by atoms with Crippen LogP contribution in [0.1, 0.15) is 21.7 Å². The number of carbonyl (C=O) groups is 1. The zero-order chi connectivity index (χ0) is 17.4. The molecule has 6 nitrogen and oxygen atoms in total. The molecule has 0 spiro atoms. The third-order valence-corrected chi connectivity index (χ3v) is 4.05. The van der Waals surface area contributed by atoms with Crippen molar-refractivity contribution in [3.05, 3.63) is 72.2 Å². The highest BCUT2D eigenvalue weighted by Gasteiger charge is 2.14. The number of fused-ring (bicyclic) bond motifs is 1. The van der Waals surface area contributed by atoms with E-state index in [1.165, 1.54) is 6.39 Å². The molecule has 4 rings (SSSR count). The molecular weight excluding hydrogens is 316 g/mol. The van der Waals surface area contributed by atoms with E-state index in [-0.39, 0.29) is 5.91 Å². The first-order valence-corrected chi connectivity index (χ1v) is 7.87. The van der Waals surface area contributed by atoms with E-state index in [1.807, 2.05) is 54.8 Å². The fraction of sp³-hybridized carbons (Fsp3) is 0.105. The summed E-state index contributed by atoms with van der Waals surface area (Å²) in [4.78, 5) is 21.2. The normalized spacial score (nSPS) is 11.0. The second-order valence-corrected chi connectivity index (χ2v) is 5.87. The molecule has 0 fully saturated rings. The van der Waals surface area contributed by atoms with Gasteiger partial charge in [0.25, 0.3) is 5.91 Å². The number of aromatic nitrogens is 3. The Labute approximate surface area is 144 Å². The van der Waals surface area contributed by atoms with Gasteiger partial charge in [-0.1, -0.05) is 12.1 Å². The fourth-order valence-electron chi connectivity index (χ4n) is 2.85. The van der Waals surface area contributed by atoms with Gasteiger partial charge in [0, 0.05) is 28.8 Å². The summed E-state index contributed by atoms with van der Waals surface area (Å²) in [7, 11) is 0. The van der Waals surface area contributed by atoms with Crippen molar-refractivity contribution in [3.8, 4) is 11.3 Å². The minimum Gasteiger partial charge on any atom is -0.451 e. The first-order chi connectivity index (χ1) is 12.1. The van der Waals surface area contributed by atoms with E-state index < -0.39 is 0 Å². The van der Waals surface area contributed by atoms with Crippen LogP contribution < -0.4 is 5.32 Å². The van der Waals surface area contributed by atoms with Gasteiger partial charge < -0.3 is 14.1 Å². The van der Waals surface area contributed by atoms with Gasteiger partial charge in [-0.05, 0) is 38.1 Å². The first kappa shape index (κ1) is 15.1. The monoisotopic (exact) mass is 332 g/mol. The number of hydrogen-bond donors (Lipinski definition) is 1. The lowest BCUT2D eigenvalue weighted by molar-refractivity contribution is 0.102. The summed E-state index contributed by atoms with van der Waals surface area (Å²) >= 11 is 0. The third-order valence-electron chi connectivity index (χ3n) is 4.05. The van der Waals surface area contributed by atoms with Crippen molar-refractivity contribution in [1.29, 1.82) is 0 Å². The second-order valence-electron chi connectivity index (χ2n) is 5.87. The van der Waals surface area contributed by atoms with Crippen LogP contribution in [0.3, 0.4) is 0 Å². The number of oxazole rings is 1. The summed E-state index contributed by atoms with van der Waals surface area (Å²) in [6.07, 6.45) is 4.83. The number of nitrogens with one attached hydrogen (secondary N) is 1. The highest BCUT2D eigenvalue weighted by molar-refractivity contribution is 6.08. The molecule has 3 heterocycles. The zero-order valence-corrected chi connectivity index (χ0v) is 13.9. The van der Waals surface area contributed by atoms with Crippen LogP contribution in [-0.2, 0) is 0 Å². The fourth-order valence-corrected chi connectivity index (χ4v) is 2.85. The Hall–Kier alpha value is -3.41. The van der Waals surface area contributed by atoms with Crippen molar-refractivity contribution in [2.75, 3.05) is 5.32 Å². The van der Waals surface area contributed by atoms with Gasteiger partial charge in [0.05, 0.1) is 5.56 Å². The van der Waals surface area contributed by atoms with Crippen molar-refractivity contribution in [1.82, 2.24) is 14.4 Å². The van der Waals surface area contributed by atoms with E-state index in [1.54, 1.807) is 12.3 Å². The third kappa shape index (κ3) is 2.78. The Kier molecular flexibility index (Phi) is 3.57. The molecule has 3 aromatic heterocycles. The number of rotatable bonds is 3. The maximum atomic E-state index is 12.6. The molecule has 0 aliphatic carbocycles. The topological polar surface area (TPSA) is 72.4 Å². The maximum Gasteiger partial charge on any atom is 0.259 e. The minimum absolute atomic E-state index is 0.186. The molecular formula is C19H16N4O2. The van der Waals surface area contributed by atoms with Gasteiger partial charge in [0.15, 0.2) is 6.39 Å². The van der Waals surface area contributed by atoms with Crippen LogP contribution in [-0.4, -0.2) is 20.3 Å². The van der Waals surface area contributed by atoms with E-state index in [0.717, 1.165) is 22.6 Å². The molecule has 0 saturated heterocycles. The van der Waals surface area contributed by atoms with Crippen LogP contribution in [0, 0.1) is 13.8 Å². The molecule has 0 aliphatic heterocycles. The second kappa shape index (κ2) is 5.90. The average Bonchev–Trinajstić information content (AvgIpc) is 3.25. The van der Waals surface area contributed by atoms with E-state index in [2.05, 4.69) is 15.3 Å². The summed E-state index contributed by atoms with van der Waals surface area (Å²) in [5.41, 5.74) is 5.52. The molecule has 25 heavy (non-hydrogen) atoms. The molecule has 0 radical (unpaired) electrons. The minimum atomic E-state index is -0.186. The number of carbonyl (C=O) groups excluding carboxylic acids is 1. The van der Waals surface area contributed by atoms with Crippen molar-refractivity contribution in [3.63, 3.8) is 0 Å². The molecule has 1 aromatic carbocycles. The quantitative estimate of drug-likeness (QED) is 0.618. The predicted molar refractivity (Wildman–Crippen MR) is 94.6 cm³/mol. The van der Waals surface area contributed by atoms with E-state index in [4.69, 9.17) is 4.42 Å². The van der Waals surface area contributed by atoms with E-state index >= 15 is 0 Å². The van der Waals surface area contributed by atoms with Crippen LogP contribution in [0.4, 0.5) is 5.69 Å². The molecule has 0 atom stereocenters. The number of aryl methyl sites for hydroxylation is 2. The molecule has 0 saturated carbocycles. The Morgan fingerprint density at radius 1 is 1.16 bits per heavy atom. The molecule has 1 N–H and O–H groups in total. The largest absolute Gasteiger partial charge is 0.451 e. The highest BCUT2D eigenvalue weighted by atomic mass is 16.3. The van der Waals surface area contributed by atoms with E-state index in [0.29, 0.717) is 16.9 Å². The lowest BCUT2D eigenvalue weighted by Crippen LogP contribution is -2.12. The van der Waals surface area contributed by atoms with Gasteiger partial charge >= 0.3 is 0 Å². The van der Waals surface area contributed by atoms with Gasteiger partial charge in [0.1, 0.15) is 17.6 Å². The standard InChI is InChI=1S/C19H16N4O2/c1-12-9-13(2)23-8-7-16(18(23)21-12)19(24)22-15-5-3-14(4-6-15)17-10-25-11-20-17/h3-11H,1-2H3,(H,22,24). The van der Waals surface area contributed by atoms with Crippen LogP contribution in [0.2, 0.25) is 0 Å². The van der Waals surface area contributed by atoms with Crippen molar-refractivity contribution < 1.29 is 9.21 Å². The molecule has 4 aromatic rings.